The van der Waals surface area contributed by atoms with Crippen LogP contribution in [-0.2, 0) is 18.9 Å². The van der Waals surface area contributed by atoms with Crippen molar-refractivity contribution in [3.05, 3.63) is 35.9 Å². The van der Waals surface area contributed by atoms with Crippen LogP contribution in [0.4, 0.5) is 0 Å². The molecule has 1 N–H and O–H groups in total. The van der Waals surface area contributed by atoms with Gasteiger partial charge in [0.2, 0.25) is 0 Å². The van der Waals surface area contributed by atoms with Crippen molar-refractivity contribution in [3.63, 3.8) is 0 Å². The van der Waals surface area contributed by atoms with E-state index in [0.717, 1.165) is 11.3 Å². The smallest absolute Gasteiger partial charge is 0.164 e. The minimum atomic E-state index is -0.857. The SMILES string of the molecule is COc1ccc(/C=C/[C@@H]2OC(C)(C)O[C@@H]2C(O)[C@H]2COC(C)(C)O2)cc1. The van der Waals surface area contributed by atoms with Crippen LogP contribution >= 0.6 is 0 Å². The molecule has 0 aliphatic carbocycles. The lowest BCUT2D eigenvalue weighted by Gasteiger charge is -2.26. The molecule has 2 fully saturated rings. The molecule has 0 saturated carbocycles. The van der Waals surface area contributed by atoms with E-state index in [9.17, 15) is 5.11 Å². The number of aliphatic hydroxyl groups is 1. The standard InChI is InChI=1S/C20H28O6/c1-19(2)23-12-16(25-19)17(21)18-15(24-20(3,4)26-18)11-8-13-6-9-14(22-5)10-7-13/h6-11,15-18,21H,12H2,1-5H3/b11-8+/t15-,16+,17?,18-/m0/s1. The Labute approximate surface area is 154 Å². The van der Waals surface area contributed by atoms with Gasteiger partial charge in [0.15, 0.2) is 11.6 Å². The van der Waals surface area contributed by atoms with Gasteiger partial charge in [0, 0.05) is 0 Å². The Morgan fingerprint density at radius 1 is 1.08 bits per heavy atom. The van der Waals surface area contributed by atoms with Crippen LogP contribution in [0.15, 0.2) is 30.3 Å². The van der Waals surface area contributed by atoms with Crippen LogP contribution < -0.4 is 4.74 Å². The summed E-state index contributed by atoms with van der Waals surface area (Å²) in [5.74, 6) is -0.678. The molecule has 6 heteroatoms. The molecule has 6 nitrogen and oxygen atoms in total. The second kappa shape index (κ2) is 7.29. The zero-order valence-electron chi connectivity index (χ0n) is 16.0. The summed E-state index contributed by atoms with van der Waals surface area (Å²) in [6.07, 6.45) is 1.61. The Morgan fingerprint density at radius 3 is 2.35 bits per heavy atom. The highest BCUT2D eigenvalue weighted by Gasteiger charge is 2.48. The summed E-state index contributed by atoms with van der Waals surface area (Å²) in [5, 5.41) is 10.8. The lowest BCUT2D eigenvalue weighted by atomic mass is 10.0. The third-order valence-electron chi connectivity index (χ3n) is 4.51. The zero-order valence-corrected chi connectivity index (χ0v) is 16.0. The molecule has 1 unspecified atom stereocenters. The van der Waals surface area contributed by atoms with Crippen molar-refractivity contribution >= 4 is 6.08 Å². The van der Waals surface area contributed by atoms with Crippen LogP contribution in [0, 0.1) is 0 Å². The summed E-state index contributed by atoms with van der Waals surface area (Å²) in [6.45, 7) is 7.66. The highest BCUT2D eigenvalue weighted by Crippen LogP contribution is 2.35. The van der Waals surface area contributed by atoms with Gasteiger partial charge in [0.1, 0.15) is 30.2 Å². The molecule has 0 spiro atoms. The van der Waals surface area contributed by atoms with Crippen molar-refractivity contribution in [1.29, 1.82) is 0 Å². The van der Waals surface area contributed by atoms with E-state index in [-0.39, 0.29) is 0 Å². The highest BCUT2D eigenvalue weighted by molar-refractivity contribution is 5.51. The van der Waals surface area contributed by atoms with Crippen molar-refractivity contribution in [2.24, 2.45) is 0 Å². The number of hydrogen-bond acceptors (Lipinski definition) is 6. The monoisotopic (exact) mass is 364 g/mol. The van der Waals surface area contributed by atoms with Crippen molar-refractivity contribution in [2.45, 2.75) is 63.7 Å². The Balaban J connectivity index is 1.72. The Hall–Kier alpha value is -1.44. The Bertz CT molecular complexity index is 636. The summed E-state index contributed by atoms with van der Waals surface area (Å²) in [5.41, 5.74) is 1.01. The van der Waals surface area contributed by atoms with Crippen molar-refractivity contribution in [2.75, 3.05) is 13.7 Å². The Kier molecular flexibility index (Phi) is 5.42. The number of methoxy groups -OCH3 is 1. The van der Waals surface area contributed by atoms with Gasteiger partial charge in [-0.25, -0.2) is 0 Å². The normalized spacial score (nSPS) is 31.4. The van der Waals surface area contributed by atoms with Gasteiger partial charge in [-0.3, -0.25) is 0 Å². The second-order valence-corrected chi connectivity index (χ2v) is 7.55. The van der Waals surface area contributed by atoms with Gasteiger partial charge in [-0.05, 0) is 45.4 Å². The first kappa shape index (κ1) is 19.3. The van der Waals surface area contributed by atoms with Crippen molar-refractivity contribution in [3.8, 4) is 5.75 Å². The van der Waals surface area contributed by atoms with Crippen LogP contribution in [0.2, 0.25) is 0 Å². The maximum Gasteiger partial charge on any atom is 0.164 e. The predicted molar refractivity (Wildman–Crippen MR) is 96.8 cm³/mol. The van der Waals surface area contributed by atoms with E-state index >= 15 is 0 Å². The lowest BCUT2D eigenvalue weighted by molar-refractivity contribution is -0.178. The molecule has 2 aliphatic rings. The molecule has 2 aliphatic heterocycles. The molecular weight excluding hydrogens is 336 g/mol. The fourth-order valence-electron chi connectivity index (χ4n) is 3.25. The van der Waals surface area contributed by atoms with Gasteiger partial charge < -0.3 is 28.8 Å². The molecule has 4 atom stereocenters. The molecule has 0 aromatic heterocycles. The average Bonchev–Trinajstić information content (AvgIpc) is 3.11. The maximum absolute atomic E-state index is 10.8. The fraction of sp³-hybridized carbons (Fsp3) is 0.600. The number of benzene rings is 1. The van der Waals surface area contributed by atoms with E-state index < -0.39 is 36.0 Å². The first-order valence-electron chi connectivity index (χ1n) is 8.87. The number of aliphatic hydroxyl groups excluding tert-OH is 1. The summed E-state index contributed by atoms with van der Waals surface area (Å²) in [7, 11) is 1.64. The van der Waals surface area contributed by atoms with E-state index in [1.807, 2.05) is 64.1 Å². The molecule has 0 radical (unpaired) electrons. The topological polar surface area (TPSA) is 66.4 Å². The van der Waals surface area contributed by atoms with E-state index in [1.165, 1.54) is 0 Å². The molecule has 0 bridgehead atoms. The van der Waals surface area contributed by atoms with Crippen LogP contribution in [0.1, 0.15) is 33.3 Å². The fourth-order valence-corrected chi connectivity index (χ4v) is 3.25. The van der Waals surface area contributed by atoms with Crippen LogP contribution in [0.25, 0.3) is 6.08 Å². The zero-order chi connectivity index (χ0) is 18.9. The molecule has 3 rings (SSSR count). The van der Waals surface area contributed by atoms with Gasteiger partial charge in [0.25, 0.3) is 0 Å². The van der Waals surface area contributed by atoms with Crippen molar-refractivity contribution < 1.29 is 28.8 Å². The molecule has 2 heterocycles. The predicted octanol–water partition coefficient (Wildman–Crippen LogP) is 2.74. The van der Waals surface area contributed by atoms with Gasteiger partial charge in [-0.1, -0.05) is 24.3 Å². The summed E-state index contributed by atoms with van der Waals surface area (Å²) >= 11 is 0. The number of ether oxygens (including phenoxy) is 5. The summed E-state index contributed by atoms with van der Waals surface area (Å²) in [6, 6.07) is 7.71. The highest BCUT2D eigenvalue weighted by atomic mass is 16.8. The molecule has 26 heavy (non-hydrogen) atoms. The van der Waals surface area contributed by atoms with Crippen molar-refractivity contribution in [1.82, 2.24) is 0 Å². The lowest BCUT2D eigenvalue weighted by Crippen LogP contribution is -2.44. The van der Waals surface area contributed by atoms with Crippen LogP contribution in [0.5, 0.6) is 5.75 Å². The van der Waals surface area contributed by atoms with Crippen LogP contribution in [-0.4, -0.2) is 54.8 Å². The first-order chi connectivity index (χ1) is 12.2. The average molecular weight is 364 g/mol. The summed E-state index contributed by atoms with van der Waals surface area (Å²) in [4.78, 5) is 0. The molecule has 0 amide bonds. The Morgan fingerprint density at radius 2 is 1.77 bits per heavy atom. The summed E-state index contributed by atoms with van der Waals surface area (Å²) < 4.78 is 28.4. The molecule has 1 aromatic carbocycles. The number of rotatable bonds is 5. The maximum atomic E-state index is 10.8. The van der Waals surface area contributed by atoms with Gasteiger partial charge in [-0.15, -0.1) is 0 Å². The first-order valence-corrected chi connectivity index (χ1v) is 8.87. The minimum absolute atomic E-state index is 0.323. The molecule has 2 saturated heterocycles. The van der Waals surface area contributed by atoms with Gasteiger partial charge >= 0.3 is 0 Å². The minimum Gasteiger partial charge on any atom is -0.497 e. The molecule has 1 aromatic rings. The quantitative estimate of drug-likeness (QED) is 0.867. The van der Waals surface area contributed by atoms with Crippen LogP contribution in [0.3, 0.4) is 0 Å². The van der Waals surface area contributed by atoms with E-state index in [1.54, 1.807) is 7.11 Å². The third-order valence-corrected chi connectivity index (χ3v) is 4.51. The largest absolute Gasteiger partial charge is 0.497 e. The van der Waals surface area contributed by atoms with Gasteiger partial charge in [-0.2, -0.15) is 0 Å². The van der Waals surface area contributed by atoms with Gasteiger partial charge in [0.05, 0.1) is 13.7 Å². The van der Waals surface area contributed by atoms with E-state index in [2.05, 4.69) is 0 Å². The molecule has 144 valence electrons. The van der Waals surface area contributed by atoms with E-state index in [4.69, 9.17) is 23.7 Å². The second-order valence-electron chi connectivity index (χ2n) is 7.55. The number of hydrogen-bond donors (Lipinski definition) is 1. The molecular formula is C20H28O6. The third kappa shape index (κ3) is 4.45. The van der Waals surface area contributed by atoms with E-state index in [0.29, 0.717) is 6.61 Å².